The normalized spacial score (nSPS) is 31.2. The standard InChI is InChI=1S/C37H47NO10/c1-22(39)48-37(18-15-29-27-10-7-24-20-26(41)13-16-35(24,2)28(27)14-17-36(29,37)3)31(42)21-47-33(44)12-11-32(43)38-30(34(45)46-4)19-23-5-8-25(40)9-6-23/h5-6,8-9,20,27-30,40H,7,10-19,21H2,1-4H3,(H,38,43)/t27-,28+,29-,30+,35+,36+,37+/m1/s1. The molecular formula is C37H47NO10. The van der Waals surface area contributed by atoms with E-state index in [1.54, 1.807) is 12.1 Å². The van der Waals surface area contributed by atoms with Crippen molar-refractivity contribution < 1.29 is 48.1 Å². The number of methoxy groups -OCH3 is 1. The van der Waals surface area contributed by atoms with Gasteiger partial charge in [-0.1, -0.05) is 31.6 Å². The lowest BCUT2D eigenvalue weighted by Crippen LogP contribution is -2.59. The highest BCUT2D eigenvalue weighted by atomic mass is 16.6. The van der Waals surface area contributed by atoms with Gasteiger partial charge in [0.2, 0.25) is 11.7 Å². The fourth-order valence-corrected chi connectivity index (χ4v) is 9.51. The lowest BCUT2D eigenvalue weighted by Gasteiger charge is -2.59. The number of phenols is 1. The molecule has 4 aliphatic carbocycles. The monoisotopic (exact) mass is 665 g/mol. The minimum atomic E-state index is -1.42. The molecule has 7 atom stereocenters. The van der Waals surface area contributed by atoms with E-state index in [1.165, 1.54) is 31.7 Å². The molecule has 11 heteroatoms. The zero-order valence-corrected chi connectivity index (χ0v) is 28.3. The molecule has 0 radical (unpaired) electrons. The van der Waals surface area contributed by atoms with E-state index in [9.17, 15) is 33.9 Å². The highest BCUT2D eigenvalue weighted by Crippen LogP contribution is 2.68. The number of hydrogen-bond acceptors (Lipinski definition) is 10. The van der Waals surface area contributed by atoms with Crippen molar-refractivity contribution in [1.29, 1.82) is 0 Å². The van der Waals surface area contributed by atoms with Crippen LogP contribution in [0, 0.1) is 28.6 Å². The first kappa shape index (κ1) is 35.3. The third-order valence-electron chi connectivity index (χ3n) is 12.0. The Labute approximate surface area is 281 Å². The molecule has 3 fully saturated rings. The number of ether oxygens (including phenoxy) is 3. The maximum Gasteiger partial charge on any atom is 0.328 e. The zero-order valence-electron chi connectivity index (χ0n) is 28.3. The maximum absolute atomic E-state index is 14.0. The van der Waals surface area contributed by atoms with Gasteiger partial charge in [0.05, 0.1) is 13.5 Å². The Bertz CT molecular complexity index is 1500. The molecule has 0 bridgehead atoms. The molecule has 0 saturated heterocycles. The zero-order chi connectivity index (χ0) is 34.9. The van der Waals surface area contributed by atoms with Crippen molar-refractivity contribution in [3.05, 3.63) is 41.5 Å². The van der Waals surface area contributed by atoms with Gasteiger partial charge in [0.15, 0.2) is 18.0 Å². The van der Waals surface area contributed by atoms with Gasteiger partial charge in [-0.2, -0.15) is 0 Å². The highest BCUT2D eigenvalue weighted by Gasteiger charge is 2.68. The molecule has 1 amide bonds. The predicted octanol–water partition coefficient (Wildman–Crippen LogP) is 4.32. The van der Waals surface area contributed by atoms with Crippen LogP contribution in [0.3, 0.4) is 0 Å². The Morgan fingerprint density at radius 1 is 0.958 bits per heavy atom. The van der Waals surface area contributed by atoms with E-state index >= 15 is 0 Å². The van der Waals surface area contributed by atoms with Gasteiger partial charge in [-0.15, -0.1) is 0 Å². The SMILES string of the molecule is COC(=O)[C@H](Cc1ccc(O)cc1)NC(=O)CCC(=O)OCC(=O)[C@@]1(OC(C)=O)CC[C@@H]2[C@@H]3CCC4=CC(=O)CC[C@]4(C)[C@H]3CC[C@@]21C. The van der Waals surface area contributed by atoms with E-state index in [0.29, 0.717) is 43.1 Å². The summed E-state index contributed by atoms with van der Waals surface area (Å²) in [5.74, 6) is -1.90. The number of amides is 1. The number of nitrogens with one attached hydrogen (secondary N) is 1. The van der Waals surface area contributed by atoms with Crippen LogP contribution in [0.5, 0.6) is 5.75 Å². The average Bonchev–Trinajstić information content (AvgIpc) is 3.35. The number of rotatable bonds is 11. The van der Waals surface area contributed by atoms with Gasteiger partial charge in [0.1, 0.15) is 11.8 Å². The smallest absolute Gasteiger partial charge is 0.328 e. The first-order valence-electron chi connectivity index (χ1n) is 17.0. The number of benzene rings is 1. The summed E-state index contributed by atoms with van der Waals surface area (Å²) < 4.78 is 16.1. The number of aromatic hydroxyl groups is 1. The summed E-state index contributed by atoms with van der Waals surface area (Å²) in [7, 11) is 1.20. The second-order valence-electron chi connectivity index (χ2n) is 14.5. The molecule has 0 aliphatic heterocycles. The lowest BCUT2D eigenvalue weighted by molar-refractivity contribution is -0.191. The third-order valence-corrected chi connectivity index (χ3v) is 12.0. The molecule has 0 heterocycles. The minimum absolute atomic E-state index is 0.0426. The molecule has 2 N–H and O–H groups in total. The quantitative estimate of drug-likeness (QED) is 0.257. The van der Waals surface area contributed by atoms with E-state index in [2.05, 4.69) is 12.2 Å². The van der Waals surface area contributed by atoms with Crippen molar-refractivity contribution in [3.8, 4) is 5.75 Å². The van der Waals surface area contributed by atoms with Crippen molar-refractivity contribution >= 4 is 35.4 Å². The van der Waals surface area contributed by atoms with Crippen LogP contribution in [-0.4, -0.2) is 65.8 Å². The predicted molar refractivity (Wildman–Crippen MR) is 172 cm³/mol. The highest BCUT2D eigenvalue weighted by molar-refractivity contribution is 5.94. The summed E-state index contributed by atoms with van der Waals surface area (Å²) >= 11 is 0. The van der Waals surface area contributed by atoms with E-state index < -0.39 is 53.3 Å². The number of phenolic OH excluding ortho intramolecular Hbond substituents is 1. The van der Waals surface area contributed by atoms with E-state index in [4.69, 9.17) is 14.2 Å². The molecular weight excluding hydrogens is 618 g/mol. The first-order valence-corrected chi connectivity index (χ1v) is 17.0. The number of Topliss-reactive ketones (excluding diaryl/α,β-unsaturated/α-hetero) is 1. The van der Waals surface area contributed by atoms with Crippen LogP contribution in [0.15, 0.2) is 35.9 Å². The van der Waals surface area contributed by atoms with Crippen molar-refractivity contribution in [2.45, 2.75) is 103 Å². The minimum Gasteiger partial charge on any atom is -0.508 e. The maximum atomic E-state index is 14.0. The number of carbonyl (C=O) groups excluding carboxylic acids is 6. The molecule has 260 valence electrons. The van der Waals surface area contributed by atoms with E-state index in [0.717, 1.165) is 25.7 Å². The summed E-state index contributed by atoms with van der Waals surface area (Å²) in [4.78, 5) is 76.4. The number of hydrogen-bond donors (Lipinski definition) is 2. The van der Waals surface area contributed by atoms with Gasteiger partial charge in [-0.3, -0.25) is 24.0 Å². The Kier molecular flexibility index (Phi) is 10.2. The van der Waals surface area contributed by atoms with Gasteiger partial charge in [0, 0.05) is 31.6 Å². The number of fused-ring (bicyclic) bond motifs is 5. The Morgan fingerprint density at radius 3 is 2.35 bits per heavy atom. The molecule has 0 unspecified atom stereocenters. The summed E-state index contributed by atoms with van der Waals surface area (Å²) in [5.41, 5.74) is -0.162. The van der Waals surface area contributed by atoms with Crippen LogP contribution in [0.1, 0.15) is 90.5 Å². The molecule has 1 aromatic carbocycles. The first-order chi connectivity index (χ1) is 22.7. The molecule has 0 aromatic heterocycles. The summed E-state index contributed by atoms with van der Waals surface area (Å²) in [6, 6.07) is 5.17. The Hall–Kier alpha value is -4.02. The van der Waals surface area contributed by atoms with Crippen LogP contribution in [0.2, 0.25) is 0 Å². The molecule has 11 nitrogen and oxygen atoms in total. The van der Waals surface area contributed by atoms with Crippen molar-refractivity contribution in [2.75, 3.05) is 13.7 Å². The number of ketones is 2. The number of allylic oxidation sites excluding steroid dienone is 1. The van der Waals surface area contributed by atoms with Gasteiger partial charge in [-0.25, -0.2) is 4.79 Å². The van der Waals surface area contributed by atoms with E-state index in [1.807, 2.05) is 13.0 Å². The van der Waals surface area contributed by atoms with Gasteiger partial charge >= 0.3 is 17.9 Å². The van der Waals surface area contributed by atoms with Crippen LogP contribution >= 0.6 is 0 Å². The number of esters is 3. The average molecular weight is 666 g/mol. The van der Waals surface area contributed by atoms with Gasteiger partial charge < -0.3 is 24.6 Å². The van der Waals surface area contributed by atoms with Crippen molar-refractivity contribution in [3.63, 3.8) is 0 Å². The molecule has 4 aliphatic rings. The molecule has 48 heavy (non-hydrogen) atoms. The van der Waals surface area contributed by atoms with Crippen LogP contribution < -0.4 is 5.32 Å². The molecule has 0 spiro atoms. The van der Waals surface area contributed by atoms with Crippen molar-refractivity contribution in [2.24, 2.45) is 28.6 Å². The third kappa shape index (κ3) is 6.65. The lowest BCUT2D eigenvalue weighted by atomic mass is 9.46. The fourth-order valence-electron chi connectivity index (χ4n) is 9.51. The second kappa shape index (κ2) is 13.8. The Balaban J connectivity index is 1.20. The van der Waals surface area contributed by atoms with Gasteiger partial charge in [-0.05, 0) is 91.9 Å². The summed E-state index contributed by atoms with van der Waals surface area (Å²) in [6.45, 7) is 5.04. The Morgan fingerprint density at radius 2 is 1.67 bits per heavy atom. The summed E-state index contributed by atoms with van der Waals surface area (Å²) in [5, 5.41) is 12.1. The molecule has 1 aromatic rings. The van der Waals surface area contributed by atoms with Crippen LogP contribution in [0.25, 0.3) is 0 Å². The summed E-state index contributed by atoms with van der Waals surface area (Å²) in [6.07, 6.45) is 7.14. The topological polar surface area (TPSA) is 162 Å². The van der Waals surface area contributed by atoms with Crippen molar-refractivity contribution in [1.82, 2.24) is 5.32 Å². The largest absolute Gasteiger partial charge is 0.508 e. The molecule has 3 saturated carbocycles. The van der Waals surface area contributed by atoms with Crippen LogP contribution in [-0.2, 0) is 49.4 Å². The number of carbonyl (C=O) groups is 6. The van der Waals surface area contributed by atoms with Gasteiger partial charge in [0.25, 0.3) is 0 Å². The fraction of sp³-hybridized carbons (Fsp3) is 0.622. The van der Waals surface area contributed by atoms with E-state index in [-0.39, 0.29) is 42.1 Å². The molecule has 5 rings (SSSR count). The van der Waals surface area contributed by atoms with Crippen LogP contribution in [0.4, 0.5) is 0 Å². The second-order valence-corrected chi connectivity index (χ2v) is 14.5.